The van der Waals surface area contributed by atoms with Crippen LogP contribution in [-0.4, -0.2) is 37.4 Å². The molecular weight excluding hydrogens is 381 g/mol. The third-order valence-electron chi connectivity index (χ3n) is 4.00. The van der Waals surface area contributed by atoms with Gasteiger partial charge >= 0.3 is 11.9 Å². The summed E-state index contributed by atoms with van der Waals surface area (Å²) in [6.07, 6.45) is 0. The van der Waals surface area contributed by atoms with Crippen LogP contribution in [0.5, 0.6) is 0 Å². The number of hydrogen-bond donors (Lipinski definition) is 2. The molecule has 26 heavy (non-hydrogen) atoms. The molecule has 2 rings (SSSR count). The minimum absolute atomic E-state index is 0.165. The first-order chi connectivity index (χ1) is 12.3. The number of allylic oxidation sites excluding steroid dienone is 2. The highest BCUT2D eigenvalue weighted by Gasteiger charge is 2.39. The third kappa shape index (κ3) is 3.87. The van der Waals surface area contributed by atoms with E-state index in [1.54, 1.807) is 32.0 Å². The van der Waals surface area contributed by atoms with Gasteiger partial charge in [0.15, 0.2) is 0 Å². The molecule has 140 valence electrons. The van der Waals surface area contributed by atoms with Gasteiger partial charge in [-0.1, -0.05) is 35.3 Å². The van der Waals surface area contributed by atoms with E-state index in [0.29, 0.717) is 22.0 Å². The first-order valence-corrected chi connectivity index (χ1v) is 8.57. The van der Waals surface area contributed by atoms with Crippen LogP contribution in [0.25, 0.3) is 0 Å². The van der Waals surface area contributed by atoms with Crippen molar-refractivity contribution in [2.75, 3.05) is 20.3 Å². The van der Waals surface area contributed by atoms with Crippen molar-refractivity contribution in [3.05, 3.63) is 56.3 Å². The average molecular weight is 400 g/mol. The Morgan fingerprint density at radius 2 is 1.77 bits per heavy atom. The summed E-state index contributed by atoms with van der Waals surface area (Å²) in [5.74, 6) is -2.09. The van der Waals surface area contributed by atoms with Crippen molar-refractivity contribution >= 4 is 35.1 Å². The third-order valence-corrected chi connectivity index (χ3v) is 4.84. The normalized spacial score (nSPS) is 17.1. The second-order valence-electron chi connectivity index (χ2n) is 5.63. The number of halogens is 2. The molecule has 0 aliphatic carbocycles. The van der Waals surface area contributed by atoms with Crippen molar-refractivity contribution in [1.29, 1.82) is 0 Å². The van der Waals surface area contributed by atoms with Crippen LogP contribution < -0.4 is 5.32 Å². The van der Waals surface area contributed by atoms with E-state index in [2.05, 4.69) is 5.32 Å². The monoisotopic (exact) mass is 399 g/mol. The van der Waals surface area contributed by atoms with Crippen LogP contribution in [0.2, 0.25) is 10.0 Å². The number of methoxy groups -OCH3 is 1. The zero-order valence-corrected chi connectivity index (χ0v) is 16.1. The molecule has 1 aromatic rings. The number of aliphatic hydroxyl groups is 1. The molecule has 1 heterocycles. The van der Waals surface area contributed by atoms with Crippen molar-refractivity contribution in [3.8, 4) is 0 Å². The summed E-state index contributed by atoms with van der Waals surface area (Å²) in [5, 5.41) is 12.5. The molecular formula is C18H19Cl2NO5. The van der Waals surface area contributed by atoms with Gasteiger partial charge in [0.2, 0.25) is 0 Å². The fraction of sp³-hybridized carbons (Fsp3) is 0.333. The van der Waals surface area contributed by atoms with Gasteiger partial charge in [-0.3, -0.25) is 0 Å². The summed E-state index contributed by atoms with van der Waals surface area (Å²) in [4.78, 5) is 25.1. The summed E-state index contributed by atoms with van der Waals surface area (Å²) < 4.78 is 9.98. The number of aliphatic hydroxyl groups excluding tert-OH is 1. The quantitative estimate of drug-likeness (QED) is 0.740. The molecule has 0 fully saturated rings. The lowest BCUT2D eigenvalue weighted by Gasteiger charge is -2.30. The number of carbonyl (C=O) groups excluding carboxylic acids is 2. The molecule has 8 heteroatoms. The zero-order valence-electron chi connectivity index (χ0n) is 14.6. The average Bonchev–Trinajstić information content (AvgIpc) is 2.60. The number of benzene rings is 1. The van der Waals surface area contributed by atoms with Crippen LogP contribution >= 0.6 is 23.2 Å². The maximum atomic E-state index is 12.6. The molecule has 1 aliphatic heterocycles. The minimum atomic E-state index is -0.818. The van der Waals surface area contributed by atoms with Crippen molar-refractivity contribution in [2.24, 2.45) is 0 Å². The number of hydrogen-bond acceptors (Lipinski definition) is 6. The van der Waals surface area contributed by atoms with E-state index >= 15 is 0 Å². The first-order valence-electron chi connectivity index (χ1n) is 7.82. The summed E-state index contributed by atoms with van der Waals surface area (Å²) in [7, 11) is 1.26. The molecule has 0 bridgehead atoms. The van der Waals surface area contributed by atoms with Crippen molar-refractivity contribution in [1.82, 2.24) is 5.32 Å². The van der Waals surface area contributed by atoms with Crippen LogP contribution in [0, 0.1) is 0 Å². The highest BCUT2D eigenvalue weighted by molar-refractivity contribution is 6.42. The van der Waals surface area contributed by atoms with Crippen molar-refractivity contribution in [2.45, 2.75) is 19.8 Å². The predicted octanol–water partition coefficient (Wildman–Crippen LogP) is 2.94. The van der Waals surface area contributed by atoms with Gasteiger partial charge in [0.05, 0.1) is 40.8 Å². The van der Waals surface area contributed by atoms with Gasteiger partial charge < -0.3 is 19.9 Å². The van der Waals surface area contributed by atoms with Gasteiger partial charge in [0.25, 0.3) is 0 Å². The number of esters is 2. The summed E-state index contributed by atoms with van der Waals surface area (Å²) >= 11 is 12.5. The highest BCUT2D eigenvalue weighted by atomic mass is 35.5. The van der Waals surface area contributed by atoms with Crippen LogP contribution in [0.15, 0.2) is 40.7 Å². The largest absolute Gasteiger partial charge is 0.466 e. The van der Waals surface area contributed by atoms with E-state index in [9.17, 15) is 9.59 Å². The number of ether oxygens (including phenoxy) is 2. The van der Waals surface area contributed by atoms with E-state index < -0.39 is 17.9 Å². The Hall–Kier alpha value is -2.02. The first kappa shape index (κ1) is 20.3. The molecule has 1 unspecified atom stereocenters. The van der Waals surface area contributed by atoms with E-state index in [-0.39, 0.29) is 29.4 Å². The van der Waals surface area contributed by atoms with Gasteiger partial charge in [-0.2, -0.15) is 0 Å². The lowest BCUT2D eigenvalue weighted by Crippen LogP contribution is -2.32. The molecule has 1 atom stereocenters. The Bertz CT molecular complexity index is 801. The fourth-order valence-corrected chi connectivity index (χ4v) is 3.33. The molecule has 0 aromatic heterocycles. The Morgan fingerprint density at radius 3 is 2.35 bits per heavy atom. The van der Waals surface area contributed by atoms with Gasteiger partial charge in [-0.15, -0.1) is 0 Å². The standard InChI is InChI=1S/C18H19Cl2NO5/c1-9-13(17(23)25-3)15(11-5-4-6-12(19)16(11)20)14(10(2)21-9)18(24)26-8-7-22/h4-6,15,21-22H,7-8H2,1-3H3. The van der Waals surface area contributed by atoms with Crippen LogP contribution in [0.1, 0.15) is 25.3 Å². The van der Waals surface area contributed by atoms with Crippen LogP contribution in [0.4, 0.5) is 0 Å². The Balaban J connectivity index is 2.68. The van der Waals surface area contributed by atoms with Gasteiger partial charge in [0, 0.05) is 11.4 Å². The SMILES string of the molecule is COC(=O)C1=C(C)NC(C)=C(C(=O)OCCO)C1c1cccc(Cl)c1Cl. The number of rotatable bonds is 5. The summed E-state index contributed by atoms with van der Waals surface area (Å²) in [5.41, 5.74) is 1.97. The molecule has 0 radical (unpaired) electrons. The highest BCUT2D eigenvalue weighted by Crippen LogP contribution is 2.43. The maximum absolute atomic E-state index is 12.6. The number of dihydropyridines is 1. The lowest BCUT2D eigenvalue weighted by atomic mass is 9.80. The van der Waals surface area contributed by atoms with E-state index in [1.165, 1.54) is 7.11 Å². The fourth-order valence-electron chi connectivity index (χ4n) is 2.92. The number of nitrogens with one attached hydrogen (secondary N) is 1. The second-order valence-corrected chi connectivity index (χ2v) is 6.41. The minimum Gasteiger partial charge on any atom is -0.466 e. The molecule has 0 spiro atoms. The Morgan fingerprint density at radius 1 is 1.15 bits per heavy atom. The topological polar surface area (TPSA) is 84.9 Å². The number of carbonyl (C=O) groups is 2. The van der Waals surface area contributed by atoms with E-state index in [0.717, 1.165) is 0 Å². The Labute approximate surface area is 161 Å². The van der Waals surface area contributed by atoms with E-state index in [1.807, 2.05) is 0 Å². The van der Waals surface area contributed by atoms with Crippen molar-refractivity contribution in [3.63, 3.8) is 0 Å². The van der Waals surface area contributed by atoms with Gasteiger partial charge in [0.1, 0.15) is 6.61 Å². The molecule has 0 amide bonds. The molecule has 2 N–H and O–H groups in total. The molecule has 6 nitrogen and oxygen atoms in total. The van der Waals surface area contributed by atoms with Crippen molar-refractivity contribution < 1.29 is 24.2 Å². The molecule has 1 aliphatic rings. The van der Waals surface area contributed by atoms with Gasteiger partial charge in [-0.05, 0) is 25.5 Å². The maximum Gasteiger partial charge on any atom is 0.336 e. The Kier molecular flexibility index (Phi) is 6.69. The second kappa shape index (κ2) is 8.58. The van der Waals surface area contributed by atoms with E-state index in [4.69, 9.17) is 37.8 Å². The predicted molar refractivity (Wildman–Crippen MR) is 97.8 cm³/mol. The van der Waals surface area contributed by atoms with Crippen LogP contribution in [-0.2, 0) is 19.1 Å². The zero-order chi connectivity index (χ0) is 19.4. The molecule has 1 aromatic carbocycles. The molecule has 0 saturated carbocycles. The van der Waals surface area contributed by atoms with Gasteiger partial charge in [-0.25, -0.2) is 9.59 Å². The van der Waals surface area contributed by atoms with Crippen LogP contribution in [0.3, 0.4) is 0 Å². The smallest absolute Gasteiger partial charge is 0.336 e. The summed E-state index contributed by atoms with van der Waals surface area (Å²) in [6, 6.07) is 4.98. The summed E-state index contributed by atoms with van der Waals surface area (Å²) in [6.45, 7) is 2.92. The lowest BCUT2D eigenvalue weighted by molar-refractivity contribution is -0.140. The molecule has 0 saturated heterocycles.